The fourth-order valence-corrected chi connectivity index (χ4v) is 3.42. The number of hydrogen-bond acceptors (Lipinski definition) is 4. The van der Waals surface area contributed by atoms with Gasteiger partial charge in [0.2, 0.25) is 0 Å². The van der Waals surface area contributed by atoms with E-state index in [0.29, 0.717) is 12.4 Å². The van der Waals surface area contributed by atoms with E-state index in [1.165, 1.54) is 0 Å². The molecule has 0 heterocycles. The molecule has 0 spiro atoms. The van der Waals surface area contributed by atoms with E-state index in [0.717, 1.165) is 32.1 Å². The number of halogens is 1. The van der Waals surface area contributed by atoms with Crippen LogP contribution in [-0.4, -0.2) is 18.7 Å². The van der Waals surface area contributed by atoms with E-state index in [9.17, 15) is 4.79 Å². The quantitative estimate of drug-likeness (QED) is 0.246. The number of ether oxygens (including phenoxy) is 1. The van der Waals surface area contributed by atoms with Crippen molar-refractivity contribution in [2.75, 3.05) is 11.9 Å². The van der Waals surface area contributed by atoms with Gasteiger partial charge in [-0.15, -0.1) is 0 Å². The summed E-state index contributed by atoms with van der Waals surface area (Å²) in [6.07, 6.45) is 1.59. The molecule has 0 aliphatic rings. The molecule has 4 aromatic carbocycles. The van der Waals surface area contributed by atoms with Gasteiger partial charge in [-0.2, -0.15) is 5.10 Å². The molecule has 0 unspecified atom stereocenters. The smallest absolute Gasteiger partial charge is 0.259 e. The van der Waals surface area contributed by atoms with Crippen LogP contribution in [0.1, 0.15) is 11.1 Å². The number of nitrogens with zero attached hydrogens (tertiary/aromatic N) is 1. The third-order valence-corrected chi connectivity index (χ3v) is 5.35. The minimum Gasteiger partial charge on any atom is -0.488 e. The van der Waals surface area contributed by atoms with Gasteiger partial charge in [0.05, 0.1) is 12.8 Å². The molecule has 4 rings (SSSR count). The van der Waals surface area contributed by atoms with Crippen LogP contribution in [0.5, 0.6) is 5.75 Å². The van der Waals surface area contributed by atoms with Crippen molar-refractivity contribution in [3.05, 3.63) is 107 Å². The van der Waals surface area contributed by atoms with Gasteiger partial charge < -0.3 is 10.1 Å². The second-order valence-electron chi connectivity index (χ2n) is 7.16. The Morgan fingerprint density at radius 3 is 2.50 bits per heavy atom. The molecular weight excluding hydrogens is 466 g/mol. The summed E-state index contributed by atoms with van der Waals surface area (Å²) in [6, 6.07) is 29.6. The lowest BCUT2D eigenvalue weighted by atomic mass is 10.1. The van der Waals surface area contributed by atoms with Gasteiger partial charge in [-0.1, -0.05) is 70.5 Å². The number of amides is 1. The highest BCUT2D eigenvalue weighted by Gasteiger charge is 2.03. The molecular formula is C26H22BrN3O2. The number of carbonyl (C=O) groups is 1. The van der Waals surface area contributed by atoms with Crippen molar-refractivity contribution in [2.45, 2.75) is 6.61 Å². The molecule has 0 atom stereocenters. The molecule has 5 nitrogen and oxygen atoms in total. The van der Waals surface area contributed by atoms with Crippen LogP contribution in [0.4, 0.5) is 5.69 Å². The SMILES string of the molecule is O=C(CNc1ccc2ccccc2c1)NN=Cc1ccccc1OCc1ccc(Br)cc1. The van der Waals surface area contributed by atoms with Crippen LogP contribution in [0.3, 0.4) is 0 Å². The maximum atomic E-state index is 12.2. The maximum Gasteiger partial charge on any atom is 0.259 e. The van der Waals surface area contributed by atoms with Crippen LogP contribution in [0.25, 0.3) is 10.8 Å². The highest BCUT2D eigenvalue weighted by atomic mass is 79.9. The lowest BCUT2D eigenvalue weighted by Crippen LogP contribution is -2.25. The third kappa shape index (κ3) is 5.95. The number of fused-ring (bicyclic) bond motifs is 1. The molecule has 0 fully saturated rings. The highest BCUT2D eigenvalue weighted by Crippen LogP contribution is 2.19. The first kappa shape index (κ1) is 21.6. The number of rotatable bonds is 8. The standard InChI is InChI=1S/C26H22BrN3O2/c27-23-12-9-19(10-13-23)18-32-25-8-4-3-7-22(25)16-29-30-26(31)17-28-24-14-11-20-5-1-2-6-21(20)15-24/h1-16,28H,17-18H2,(H,30,31). The second-order valence-corrected chi connectivity index (χ2v) is 8.08. The van der Waals surface area contributed by atoms with E-state index in [-0.39, 0.29) is 12.5 Å². The summed E-state index contributed by atoms with van der Waals surface area (Å²) < 4.78 is 6.96. The van der Waals surface area contributed by atoms with Gasteiger partial charge in [-0.3, -0.25) is 4.79 Å². The van der Waals surface area contributed by atoms with Gasteiger partial charge in [0.25, 0.3) is 5.91 Å². The molecule has 0 aliphatic carbocycles. The van der Waals surface area contributed by atoms with Crippen molar-refractivity contribution in [2.24, 2.45) is 5.10 Å². The minimum absolute atomic E-state index is 0.122. The van der Waals surface area contributed by atoms with Gasteiger partial charge in [-0.25, -0.2) is 5.43 Å². The van der Waals surface area contributed by atoms with Crippen molar-refractivity contribution >= 4 is 44.5 Å². The Labute approximate surface area is 195 Å². The molecule has 6 heteroatoms. The number of benzene rings is 4. The Morgan fingerprint density at radius 2 is 1.66 bits per heavy atom. The predicted molar refractivity (Wildman–Crippen MR) is 133 cm³/mol. The lowest BCUT2D eigenvalue weighted by molar-refractivity contribution is -0.119. The number of carbonyl (C=O) groups excluding carboxylic acids is 1. The third-order valence-electron chi connectivity index (χ3n) is 4.82. The largest absolute Gasteiger partial charge is 0.488 e. The maximum absolute atomic E-state index is 12.2. The number of para-hydroxylation sites is 1. The Hall–Kier alpha value is -3.64. The molecule has 0 aromatic heterocycles. The number of hydrazone groups is 1. The summed E-state index contributed by atoms with van der Waals surface area (Å²) in [5.74, 6) is 0.463. The van der Waals surface area contributed by atoms with E-state index in [4.69, 9.17) is 4.74 Å². The molecule has 0 bridgehead atoms. The summed E-state index contributed by atoms with van der Waals surface area (Å²) in [5, 5.41) is 9.49. The first-order valence-electron chi connectivity index (χ1n) is 10.2. The highest BCUT2D eigenvalue weighted by molar-refractivity contribution is 9.10. The van der Waals surface area contributed by atoms with E-state index in [1.807, 2.05) is 84.9 Å². The van der Waals surface area contributed by atoms with E-state index in [2.05, 4.69) is 37.8 Å². The molecule has 2 N–H and O–H groups in total. The van der Waals surface area contributed by atoms with E-state index < -0.39 is 0 Å². The van der Waals surface area contributed by atoms with Crippen molar-refractivity contribution in [1.82, 2.24) is 5.43 Å². The Bertz CT molecular complexity index is 1240. The minimum atomic E-state index is -0.234. The van der Waals surface area contributed by atoms with Gasteiger partial charge >= 0.3 is 0 Å². The van der Waals surface area contributed by atoms with Gasteiger partial charge in [-0.05, 0) is 52.7 Å². The first-order chi connectivity index (χ1) is 15.7. The average Bonchev–Trinajstić information content (AvgIpc) is 2.83. The number of hydrogen-bond donors (Lipinski definition) is 2. The molecule has 32 heavy (non-hydrogen) atoms. The number of anilines is 1. The predicted octanol–water partition coefficient (Wildman–Crippen LogP) is 5.74. The average molecular weight is 488 g/mol. The fourth-order valence-electron chi connectivity index (χ4n) is 3.16. The van der Waals surface area contributed by atoms with Gasteiger partial charge in [0, 0.05) is 15.7 Å². The van der Waals surface area contributed by atoms with Gasteiger partial charge in [0.1, 0.15) is 12.4 Å². The molecule has 0 radical (unpaired) electrons. The Morgan fingerprint density at radius 1 is 0.906 bits per heavy atom. The summed E-state index contributed by atoms with van der Waals surface area (Å²) >= 11 is 3.43. The van der Waals surface area contributed by atoms with Crippen molar-refractivity contribution < 1.29 is 9.53 Å². The summed E-state index contributed by atoms with van der Waals surface area (Å²) in [6.45, 7) is 0.567. The van der Waals surface area contributed by atoms with Gasteiger partial charge in [0.15, 0.2) is 0 Å². The Balaban J connectivity index is 1.30. The molecule has 0 aliphatic heterocycles. The second kappa shape index (κ2) is 10.6. The zero-order valence-electron chi connectivity index (χ0n) is 17.3. The van der Waals surface area contributed by atoms with Crippen molar-refractivity contribution in [3.8, 4) is 5.75 Å². The van der Waals surface area contributed by atoms with E-state index >= 15 is 0 Å². The van der Waals surface area contributed by atoms with Crippen LogP contribution >= 0.6 is 15.9 Å². The lowest BCUT2D eigenvalue weighted by Gasteiger charge is -2.09. The molecule has 0 saturated carbocycles. The fraction of sp³-hybridized carbons (Fsp3) is 0.0769. The molecule has 0 saturated heterocycles. The summed E-state index contributed by atoms with van der Waals surface area (Å²) in [7, 11) is 0. The zero-order chi connectivity index (χ0) is 22.2. The van der Waals surface area contributed by atoms with Crippen LogP contribution in [0.15, 0.2) is 101 Å². The Kier molecular flexibility index (Phi) is 7.15. The zero-order valence-corrected chi connectivity index (χ0v) is 18.9. The van der Waals surface area contributed by atoms with Crippen LogP contribution < -0.4 is 15.5 Å². The van der Waals surface area contributed by atoms with Crippen molar-refractivity contribution in [3.63, 3.8) is 0 Å². The monoisotopic (exact) mass is 487 g/mol. The molecule has 160 valence electrons. The van der Waals surface area contributed by atoms with Crippen LogP contribution in [-0.2, 0) is 11.4 Å². The number of nitrogens with one attached hydrogen (secondary N) is 2. The molecule has 4 aromatic rings. The molecule has 1 amide bonds. The first-order valence-corrected chi connectivity index (χ1v) is 11.0. The van der Waals surface area contributed by atoms with Crippen LogP contribution in [0.2, 0.25) is 0 Å². The summed E-state index contributed by atoms with van der Waals surface area (Å²) in [5.41, 5.74) is 5.28. The summed E-state index contributed by atoms with van der Waals surface area (Å²) in [4.78, 5) is 12.2. The van der Waals surface area contributed by atoms with Crippen LogP contribution in [0, 0.1) is 0 Å². The topological polar surface area (TPSA) is 62.7 Å². The van der Waals surface area contributed by atoms with Crippen molar-refractivity contribution in [1.29, 1.82) is 0 Å². The van der Waals surface area contributed by atoms with E-state index in [1.54, 1.807) is 6.21 Å². The normalized spacial score (nSPS) is 10.9.